The molecule has 1 atom stereocenters. The normalized spacial score (nSPS) is 13.3. The van der Waals surface area contributed by atoms with Gasteiger partial charge in [-0.25, -0.2) is 4.39 Å². The van der Waals surface area contributed by atoms with Crippen molar-refractivity contribution in [2.24, 2.45) is 0 Å². The zero-order valence-electron chi connectivity index (χ0n) is 19.5. The second kappa shape index (κ2) is 11.9. The average Bonchev–Trinajstić information content (AvgIpc) is 2.81. The third-order valence-electron chi connectivity index (χ3n) is 5.23. The van der Waals surface area contributed by atoms with Crippen molar-refractivity contribution in [3.05, 3.63) is 89.2 Å². The van der Waals surface area contributed by atoms with Crippen molar-refractivity contribution in [3.63, 3.8) is 0 Å². The van der Waals surface area contributed by atoms with E-state index in [9.17, 15) is 49.0 Å². The first-order valence-electron chi connectivity index (χ1n) is 10.9. The lowest BCUT2D eigenvalue weighted by Crippen LogP contribution is -2.41. The Kier molecular flexibility index (Phi) is 9.31. The van der Waals surface area contributed by atoms with Gasteiger partial charge < -0.3 is 14.7 Å². The second-order valence-electron chi connectivity index (χ2n) is 8.22. The van der Waals surface area contributed by atoms with E-state index >= 15 is 0 Å². The standard InChI is InChI=1S/C25H19F10NO2S/c26-21-10-17(23(27,28)29)8-7-16(21)12-36(13-22(37)24(30,31)32)18-4-2-5-19(11-18)38-14-15-3-1-6-20(9-15)39-25(33,34)35/h1-11,22,37H,12-14H2. The second-order valence-corrected chi connectivity index (χ2v) is 9.36. The maximum Gasteiger partial charge on any atom is 0.446 e. The minimum Gasteiger partial charge on any atom is -0.489 e. The number of hydrogen-bond donors (Lipinski definition) is 1. The summed E-state index contributed by atoms with van der Waals surface area (Å²) in [7, 11) is 0. The molecule has 0 radical (unpaired) electrons. The Morgan fingerprint density at radius 1 is 0.846 bits per heavy atom. The van der Waals surface area contributed by atoms with E-state index in [-0.39, 0.29) is 46.3 Å². The lowest BCUT2D eigenvalue weighted by molar-refractivity contribution is -0.200. The lowest BCUT2D eigenvalue weighted by Gasteiger charge is -2.29. The Morgan fingerprint density at radius 3 is 2.15 bits per heavy atom. The molecule has 0 spiro atoms. The number of alkyl halides is 9. The molecule has 3 aromatic rings. The van der Waals surface area contributed by atoms with Crippen LogP contribution in [0, 0.1) is 5.82 Å². The number of halogens is 10. The SMILES string of the molecule is OC(CN(Cc1ccc(C(F)(F)F)cc1F)c1cccc(OCc2cccc(SC(F)(F)F)c2)c1)C(F)(F)F. The van der Waals surface area contributed by atoms with Gasteiger partial charge in [-0.05, 0) is 53.7 Å². The van der Waals surface area contributed by atoms with Crippen LogP contribution in [0.1, 0.15) is 16.7 Å². The molecule has 212 valence electrons. The first-order chi connectivity index (χ1) is 18.0. The summed E-state index contributed by atoms with van der Waals surface area (Å²) in [6.07, 6.45) is -12.7. The molecule has 3 aromatic carbocycles. The summed E-state index contributed by atoms with van der Waals surface area (Å²) in [6.45, 7) is -1.91. The van der Waals surface area contributed by atoms with Crippen LogP contribution in [0.15, 0.2) is 71.6 Å². The van der Waals surface area contributed by atoms with E-state index in [0.717, 1.165) is 11.0 Å². The van der Waals surface area contributed by atoms with Crippen LogP contribution < -0.4 is 9.64 Å². The monoisotopic (exact) mass is 587 g/mol. The molecule has 0 bridgehead atoms. The highest BCUT2D eigenvalue weighted by Crippen LogP contribution is 2.37. The first kappa shape index (κ1) is 30.4. The maximum absolute atomic E-state index is 14.4. The van der Waals surface area contributed by atoms with Gasteiger partial charge in [0, 0.05) is 28.8 Å². The molecule has 0 aliphatic carbocycles. The molecule has 0 saturated carbocycles. The summed E-state index contributed by atoms with van der Waals surface area (Å²) in [5.41, 5.74) is -5.76. The van der Waals surface area contributed by atoms with Crippen LogP contribution in [-0.4, -0.2) is 29.4 Å². The smallest absolute Gasteiger partial charge is 0.446 e. The van der Waals surface area contributed by atoms with Crippen LogP contribution in [0.2, 0.25) is 0 Å². The molecule has 0 saturated heterocycles. The molecule has 14 heteroatoms. The molecule has 1 N–H and O–H groups in total. The van der Waals surface area contributed by atoms with Gasteiger partial charge in [0.25, 0.3) is 0 Å². The van der Waals surface area contributed by atoms with Crippen molar-refractivity contribution in [2.45, 2.75) is 42.0 Å². The Morgan fingerprint density at radius 2 is 1.54 bits per heavy atom. The quantitative estimate of drug-likeness (QED) is 0.203. The number of benzene rings is 3. The van der Waals surface area contributed by atoms with Gasteiger partial charge in [0.05, 0.1) is 12.1 Å². The fraction of sp³-hybridized carbons (Fsp3) is 0.280. The highest BCUT2D eigenvalue weighted by atomic mass is 32.2. The zero-order chi connectivity index (χ0) is 29.0. The van der Waals surface area contributed by atoms with Crippen molar-refractivity contribution in [3.8, 4) is 5.75 Å². The van der Waals surface area contributed by atoms with E-state index in [1.165, 1.54) is 48.5 Å². The fourth-order valence-corrected chi connectivity index (χ4v) is 4.02. The number of aliphatic hydroxyl groups is 1. The molecule has 39 heavy (non-hydrogen) atoms. The Balaban J connectivity index is 1.83. The third-order valence-corrected chi connectivity index (χ3v) is 5.95. The molecule has 0 aliphatic heterocycles. The van der Waals surface area contributed by atoms with Crippen molar-refractivity contribution in [1.29, 1.82) is 0 Å². The van der Waals surface area contributed by atoms with E-state index in [0.29, 0.717) is 11.6 Å². The topological polar surface area (TPSA) is 32.7 Å². The van der Waals surface area contributed by atoms with Crippen LogP contribution in [0.4, 0.5) is 49.6 Å². The van der Waals surface area contributed by atoms with Gasteiger partial charge in [-0.2, -0.15) is 39.5 Å². The van der Waals surface area contributed by atoms with Crippen LogP contribution in [0.3, 0.4) is 0 Å². The van der Waals surface area contributed by atoms with Crippen LogP contribution in [-0.2, 0) is 19.3 Å². The van der Waals surface area contributed by atoms with E-state index in [1.54, 1.807) is 0 Å². The minimum atomic E-state index is -5.04. The largest absolute Gasteiger partial charge is 0.489 e. The maximum atomic E-state index is 14.4. The molecule has 0 aromatic heterocycles. The van der Waals surface area contributed by atoms with Gasteiger partial charge in [-0.15, -0.1) is 0 Å². The number of anilines is 1. The summed E-state index contributed by atoms with van der Waals surface area (Å²) >= 11 is -0.316. The van der Waals surface area contributed by atoms with Gasteiger partial charge in [0.2, 0.25) is 0 Å². The minimum absolute atomic E-state index is 0.0106. The number of nitrogens with zero attached hydrogens (tertiary/aromatic N) is 1. The first-order valence-corrected chi connectivity index (χ1v) is 11.8. The molecule has 1 unspecified atom stereocenters. The fourth-order valence-electron chi connectivity index (χ4n) is 3.40. The lowest BCUT2D eigenvalue weighted by atomic mass is 10.1. The molecule has 3 nitrogen and oxygen atoms in total. The average molecular weight is 587 g/mol. The zero-order valence-corrected chi connectivity index (χ0v) is 20.4. The van der Waals surface area contributed by atoms with Gasteiger partial charge >= 0.3 is 17.9 Å². The Bertz CT molecular complexity index is 1260. The number of ether oxygens (including phenoxy) is 1. The van der Waals surface area contributed by atoms with Gasteiger partial charge in [0.1, 0.15) is 18.2 Å². The van der Waals surface area contributed by atoms with E-state index in [2.05, 4.69) is 0 Å². The predicted octanol–water partition coefficient (Wildman–Crippen LogP) is 7.97. The van der Waals surface area contributed by atoms with Gasteiger partial charge in [-0.1, -0.05) is 24.3 Å². The summed E-state index contributed by atoms with van der Waals surface area (Å²) in [5, 5.41) is 9.62. The molecular weight excluding hydrogens is 568 g/mol. The van der Waals surface area contributed by atoms with Crippen molar-refractivity contribution >= 4 is 17.4 Å². The highest BCUT2D eigenvalue weighted by Gasteiger charge is 2.39. The van der Waals surface area contributed by atoms with Crippen molar-refractivity contribution < 1.29 is 53.7 Å². The van der Waals surface area contributed by atoms with E-state index in [1.807, 2.05) is 0 Å². The summed E-state index contributed by atoms with van der Waals surface area (Å²) < 4.78 is 136. The van der Waals surface area contributed by atoms with Crippen molar-refractivity contribution in [2.75, 3.05) is 11.4 Å². The molecular formula is C25H19F10NO2S. The molecule has 0 amide bonds. The molecule has 0 heterocycles. The molecule has 0 aliphatic rings. The van der Waals surface area contributed by atoms with E-state index in [4.69, 9.17) is 4.74 Å². The predicted molar refractivity (Wildman–Crippen MR) is 124 cm³/mol. The van der Waals surface area contributed by atoms with Crippen molar-refractivity contribution in [1.82, 2.24) is 0 Å². The highest BCUT2D eigenvalue weighted by molar-refractivity contribution is 8.00. The van der Waals surface area contributed by atoms with Crippen LogP contribution in [0.25, 0.3) is 0 Å². The summed E-state index contributed by atoms with van der Waals surface area (Å²) in [4.78, 5) is 0.834. The summed E-state index contributed by atoms with van der Waals surface area (Å²) in [6, 6.07) is 12.3. The molecule has 3 rings (SSSR count). The van der Waals surface area contributed by atoms with Crippen LogP contribution >= 0.6 is 11.8 Å². The number of rotatable bonds is 9. The van der Waals surface area contributed by atoms with Crippen LogP contribution in [0.5, 0.6) is 5.75 Å². The Labute approximate surface area is 220 Å². The third kappa shape index (κ3) is 9.24. The summed E-state index contributed by atoms with van der Waals surface area (Å²) in [5.74, 6) is -1.22. The molecule has 0 fully saturated rings. The van der Waals surface area contributed by atoms with Gasteiger partial charge in [0.15, 0.2) is 6.10 Å². The number of aliphatic hydroxyl groups excluding tert-OH is 1. The number of hydrogen-bond acceptors (Lipinski definition) is 4. The number of thioether (sulfide) groups is 1. The van der Waals surface area contributed by atoms with Gasteiger partial charge in [-0.3, -0.25) is 0 Å². The van der Waals surface area contributed by atoms with E-state index < -0.39 is 48.4 Å². The Hall–Kier alpha value is -3.13.